The van der Waals surface area contributed by atoms with E-state index in [1.54, 1.807) is 6.20 Å². The van der Waals surface area contributed by atoms with E-state index < -0.39 is 4.92 Å². The minimum Gasteiger partial charge on any atom is -0.380 e. The Hall–Kier alpha value is -2.48. The average Bonchev–Trinajstić information content (AvgIpc) is 2.84. The normalized spacial score (nSPS) is 10.2. The zero-order valence-corrected chi connectivity index (χ0v) is 12.4. The minimum absolute atomic E-state index is 0.0570. The molecule has 21 heavy (non-hydrogen) atoms. The summed E-state index contributed by atoms with van der Waals surface area (Å²) in [6, 6.07) is 4.21. The van der Waals surface area contributed by atoms with E-state index in [2.05, 4.69) is 15.6 Å². The van der Waals surface area contributed by atoms with Crippen LogP contribution in [-0.2, 0) is 0 Å². The van der Waals surface area contributed by atoms with Crippen LogP contribution in [-0.4, -0.2) is 22.4 Å². The fraction of sp³-hybridized carbons (Fsp3) is 0.231. The molecule has 0 unspecified atom stereocenters. The molecule has 0 aliphatic heterocycles. The molecule has 0 aliphatic carbocycles. The van der Waals surface area contributed by atoms with Crippen molar-refractivity contribution in [3.8, 4) is 0 Å². The third kappa shape index (κ3) is 3.54. The van der Waals surface area contributed by atoms with Crippen molar-refractivity contribution >= 4 is 33.8 Å². The van der Waals surface area contributed by atoms with Crippen molar-refractivity contribution in [3.05, 3.63) is 45.0 Å². The number of amides is 1. The van der Waals surface area contributed by atoms with E-state index in [0.29, 0.717) is 22.9 Å². The first kappa shape index (κ1) is 14.9. The van der Waals surface area contributed by atoms with Gasteiger partial charge in [0.25, 0.3) is 11.6 Å². The molecule has 0 atom stereocenters. The largest absolute Gasteiger partial charge is 0.380 e. The van der Waals surface area contributed by atoms with Crippen molar-refractivity contribution < 1.29 is 9.72 Å². The molecule has 7 nitrogen and oxygen atoms in total. The maximum absolute atomic E-state index is 12.1. The third-order valence-corrected chi connectivity index (χ3v) is 3.49. The summed E-state index contributed by atoms with van der Waals surface area (Å²) in [6.45, 7) is 4.24. The quantitative estimate of drug-likeness (QED) is 0.653. The molecule has 1 aromatic heterocycles. The predicted molar refractivity (Wildman–Crippen MR) is 82.1 cm³/mol. The Morgan fingerprint density at radius 1 is 1.48 bits per heavy atom. The summed E-state index contributed by atoms with van der Waals surface area (Å²) in [5, 5.41) is 17.0. The number of aromatic nitrogens is 1. The van der Waals surface area contributed by atoms with E-state index in [9.17, 15) is 14.9 Å². The molecule has 8 heteroatoms. The van der Waals surface area contributed by atoms with Gasteiger partial charge in [0, 0.05) is 29.2 Å². The molecule has 110 valence electrons. The third-order valence-electron chi connectivity index (χ3n) is 2.66. The monoisotopic (exact) mass is 306 g/mol. The van der Waals surface area contributed by atoms with Gasteiger partial charge in [0.2, 0.25) is 0 Å². The van der Waals surface area contributed by atoms with Crippen molar-refractivity contribution in [2.24, 2.45) is 0 Å². The zero-order chi connectivity index (χ0) is 15.4. The Morgan fingerprint density at radius 2 is 2.24 bits per heavy atom. The Bertz CT molecular complexity index is 684. The lowest BCUT2D eigenvalue weighted by molar-refractivity contribution is -0.384. The molecule has 0 saturated carbocycles. The summed E-state index contributed by atoms with van der Waals surface area (Å²) in [6.07, 6.45) is 1.67. The summed E-state index contributed by atoms with van der Waals surface area (Å²) >= 11 is 1.37. The van der Waals surface area contributed by atoms with E-state index in [0.717, 1.165) is 4.88 Å². The smallest absolute Gasteiger partial charge is 0.292 e. The number of thiazole rings is 1. The number of nitrogens with one attached hydrogen (secondary N) is 2. The number of nitro benzene ring substituents is 1. The van der Waals surface area contributed by atoms with Gasteiger partial charge < -0.3 is 5.32 Å². The lowest BCUT2D eigenvalue weighted by Crippen LogP contribution is -2.12. The molecule has 1 amide bonds. The molecule has 0 aliphatic rings. The van der Waals surface area contributed by atoms with Crippen LogP contribution in [0.5, 0.6) is 0 Å². The molecular weight excluding hydrogens is 292 g/mol. The van der Waals surface area contributed by atoms with Gasteiger partial charge in [0.1, 0.15) is 5.69 Å². The number of nitro groups is 1. The highest BCUT2D eigenvalue weighted by Crippen LogP contribution is 2.26. The van der Waals surface area contributed by atoms with Crippen LogP contribution in [0.1, 0.15) is 22.2 Å². The standard InChI is InChI=1S/C13H14N4O3S/c1-3-14-10-6-9(4-5-11(10)17(19)20)12(18)16-13-15-7-8(2)21-13/h4-7,14H,3H2,1-2H3,(H,15,16,18). The maximum Gasteiger partial charge on any atom is 0.292 e. The van der Waals surface area contributed by atoms with Crippen LogP contribution in [0.15, 0.2) is 24.4 Å². The summed E-state index contributed by atoms with van der Waals surface area (Å²) in [5.41, 5.74) is 0.605. The highest BCUT2D eigenvalue weighted by atomic mass is 32.1. The first-order valence-electron chi connectivity index (χ1n) is 6.27. The topological polar surface area (TPSA) is 97.2 Å². The summed E-state index contributed by atoms with van der Waals surface area (Å²) in [5.74, 6) is -0.349. The van der Waals surface area contributed by atoms with E-state index >= 15 is 0 Å². The van der Waals surface area contributed by atoms with E-state index in [-0.39, 0.29) is 11.6 Å². The van der Waals surface area contributed by atoms with Gasteiger partial charge >= 0.3 is 0 Å². The van der Waals surface area contributed by atoms with Crippen molar-refractivity contribution in [2.45, 2.75) is 13.8 Å². The van der Waals surface area contributed by atoms with E-state index in [1.807, 2.05) is 13.8 Å². The second-order valence-corrected chi connectivity index (χ2v) is 5.48. The van der Waals surface area contributed by atoms with Gasteiger partial charge in [-0.25, -0.2) is 4.98 Å². The van der Waals surface area contributed by atoms with E-state index in [1.165, 1.54) is 29.5 Å². The lowest BCUT2D eigenvalue weighted by Gasteiger charge is -2.07. The Labute approximate surface area is 125 Å². The van der Waals surface area contributed by atoms with Gasteiger partial charge in [-0.15, -0.1) is 11.3 Å². The molecule has 1 heterocycles. The molecule has 0 bridgehead atoms. The zero-order valence-electron chi connectivity index (χ0n) is 11.5. The van der Waals surface area contributed by atoms with Crippen molar-refractivity contribution in [3.63, 3.8) is 0 Å². The number of benzene rings is 1. The van der Waals surface area contributed by atoms with Crippen LogP contribution < -0.4 is 10.6 Å². The second-order valence-electron chi connectivity index (χ2n) is 4.25. The van der Waals surface area contributed by atoms with Crippen molar-refractivity contribution in [1.82, 2.24) is 4.98 Å². The number of hydrogen-bond donors (Lipinski definition) is 2. The average molecular weight is 306 g/mol. The summed E-state index contributed by atoms with van der Waals surface area (Å²) in [7, 11) is 0. The van der Waals surface area contributed by atoms with Gasteiger partial charge in [0.05, 0.1) is 4.92 Å². The second kappa shape index (κ2) is 6.31. The molecule has 0 fully saturated rings. The number of hydrogen-bond acceptors (Lipinski definition) is 6. The Kier molecular flexibility index (Phi) is 4.49. The van der Waals surface area contributed by atoms with E-state index in [4.69, 9.17) is 0 Å². The van der Waals surface area contributed by atoms with Gasteiger partial charge in [-0.1, -0.05) is 0 Å². The summed E-state index contributed by atoms with van der Waals surface area (Å²) in [4.78, 5) is 27.6. The maximum atomic E-state index is 12.1. The highest BCUT2D eigenvalue weighted by molar-refractivity contribution is 7.15. The van der Waals surface area contributed by atoms with Crippen LogP contribution in [0, 0.1) is 17.0 Å². The summed E-state index contributed by atoms with van der Waals surface area (Å²) < 4.78 is 0. The van der Waals surface area contributed by atoms with Crippen LogP contribution in [0.25, 0.3) is 0 Å². The van der Waals surface area contributed by atoms with Gasteiger partial charge in [-0.3, -0.25) is 20.2 Å². The minimum atomic E-state index is -0.482. The number of rotatable bonds is 5. The lowest BCUT2D eigenvalue weighted by atomic mass is 10.1. The fourth-order valence-electron chi connectivity index (χ4n) is 1.75. The van der Waals surface area contributed by atoms with Gasteiger partial charge in [-0.05, 0) is 26.0 Å². The molecule has 2 N–H and O–H groups in total. The first-order chi connectivity index (χ1) is 10.0. The Morgan fingerprint density at radius 3 is 2.81 bits per heavy atom. The first-order valence-corrected chi connectivity index (χ1v) is 7.09. The molecule has 1 aromatic carbocycles. The number of aryl methyl sites for hydroxylation is 1. The van der Waals surface area contributed by atoms with Crippen molar-refractivity contribution in [1.29, 1.82) is 0 Å². The molecule has 2 rings (SSSR count). The number of anilines is 2. The van der Waals surface area contributed by atoms with Crippen LogP contribution >= 0.6 is 11.3 Å². The number of carbonyl (C=O) groups excluding carboxylic acids is 1. The highest BCUT2D eigenvalue weighted by Gasteiger charge is 2.17. The van der Waals surface area contributed by atoms with Gasteiger partial charge in [-0.2, -0.15) is 0 Å². The SMILES string of the molecule is CCNc1cc(C(=O)Nc2ncc(C)s2)ccc1[N+](=O)[O-]. The molecular formula is C13H14N4O3S. The molecule has 0 spiro atoms. The van der Waals surface area contributed by atoms with Crippen LogP contribution in [0.4, 0.5) is 16.5 Å². The van der Waals surface area contributed by atoms with Crippen LogP contribution in [0.2, 0.25) is 0 Å². The molecule has 2 aromatic rings. The fourth-order valence-corrected chi connectivity index (χ4v) is 2.41. The van der Waals surface area contributed by atoms with Gasteiger partial charge in [0.15, 0.2) is 5.13 Å². The Balaban J connectivity index is 2.24. The molecule has 0 radical (unpaired) electrons. The van der Waals surface area contributed by atoms with Crippen LogP contribution in [0.3, 0.4) is 0 Å². The molecule has 0 saturated heterocycles. The predicted octanol–water partition coefficient (Wildman–Crippen LogP) is 3.04. The number of carbonyl (C=O) groups is 1. The van der Waals surface area contributed by atoms with Crippen molar-refractivity contribution in [2.75, 3.05) is 17.2 Å². The number of nitrogens with zero attached hydrogens (tertiary/aromatic N) is 2.